The summed E-state index contributed by atoms with van der Waals surface area (Å²) in [5.41, 5.74) is 6.01. The van der Waals surface area contributed by atoms with Crippen molar-refractivity contribution in [2.45, 2.75) is 0 Å². The topological polar surface area (TPSA) is 83.2 Å². The van der Waals surface area contributed by atoms with E-state index in [9.17, 15) is 9.90 Å². The van der Waals surface area contributed by atoms with Crippen LogP contribution < -0.4 is 40.4 Å². The van der Waals surface area contributed by atoms with Crippen LogP contribution in [0.25, 0.3) is 0 Å². The Kier molecular flexibility index (Phi) is 8.79. The van der Waals surface area contributed by atoms with E-state index in [1.807, 2.05) is 6.79 Å². The third kappa shape index (κ3) is 5.41. The Bertz CT molecular complexity index is 261. The van der Waals surface area contributed by atoms with Gasteiger partial charge in [-0.2, -0.15) is 0 Å². The van der Waals surface area contributed by atoms with Gasteiger partial charge in [0.1, 0.15) is 6.79 Å². The maximum absolute atomic E-state index is 10.2. The van der Waals surface area contributed by atoms with Crippen LogP contribution in [0, 0.1) is 0 Å². The smallest absolute Gasteiger partial charge is 0.545 e. The number of rotatable bonds is 1. The van der Waals surface area contributed by atoms with E-state index in [2.05, 4.69) is 0 Å². The summed E-state index contributed by atoms with van der Waals surface area (Å²) in [5.74, 6) is -1.18. The summed E-state index contributed by atoms with van der Waals surface area (Å²) in [4.78, 5) is 18.2. The average molecular weight is 189 g/mol. The van der Waals surface area contributed by atoms with Gasteiger partial charge >= 0.3 is 29.6 Å². The number of hydrogen-bond acceptors (Lipinski definition) is 4. The first-order valence-corrected chi connectivity index (χ1v) is 3.06. The molecule has 0 spiro atoms. The molecule has 13 heavy (non-hydrogen) atoms. The molecule has 2 N–H and O–H groups in total. The fraction of sp³-hybridized carbons (Fsp3) is 0. The molecule has 0 unspecified atom stereocenters. The van der Waals surface area contributed by atoms with Crippen LogP contribution in [0.3, 0.4) is 0 Å². The summed E-state index contributed by atoms with van der Waals surface area (Å²) in [6.07, 6.45) is 0. The minimum atomic E-state index is -1.18. The van der Waals surface area contributed by atoms with Gasteiger partial charge in [0.25, 0.3) is 0 Å². The molecule has 0 aliphatic heterocycles. The summed E-state index contributed by atoms with van der Waals surface area (Å²) in [7, 11) is 0. The maximum Gasteiger partial charge on any atom is 1.00 e. The van der Waals surface area contributed by atoms with E-state index >= 15 is 0 Å². The first kappa shape index (κ1) is 14.7. The number of carboxylic acids is 1. The maximum atomic E-state index is 10.2. The second-order valence-corrected chi connectivity index (χ2v) is 1.91. The average Bonchev–Trinajstić information content (AvgIpc) is 2.09. The summed E-state index contributed by atoms with van der Waals surface area (Å²) in [6.45, 7) is 2.00. The minimum absolute atomic E-state index is 0. The van der Waals surface area contributed by atoms with Crippen LogP contribution in [-0.2, 0) is 4.79 Å². The van der Waals surface area contributed by atoms with Crippen molar-refractivity contribution in [3.05, 3.63) is 29.8 Å². The molecule has 0 fully saturated rings. The Morgan fingerprint density at radius 1 is 1.23 bits per heavy atom. The predicted octanol–water partition coefficient (Wildman–Crippen LogP) is -3.55. The van der Waals surface area contributed by atoms with Crippen LogP contribution in [-0.4, -0.2) is 12.8 Å². The monoisotopic (exact) mass is 189 g/mol. The first-order valence-electron chi connectivity index (χ1n) is 3.06. The number of benzene rings is 1. The molecule has 0 atom stereocenters. The molecular formula is C8H8NNaO3. The molecule has 64 valence electrons. The Morgan fingerprint density at radius 3 is 1.92 bits per heavy atom. The van der Waals surface area contributed by atoms with Crippen molar-refractivity contribution >= 4 is 18.4 Å². The van der Waals surface area contributed by atoms with Gasteiger partial charge in [-0.1, -0.05) is 12.1 Å². The zero-order valence-electron chi connectivity index (χ0n) is 7.32. The van der Waals surface area contributed by atoms with E-state index in [1.54, 1.807) is 0 Å². The van der Waals surface area contributed by atoms with E-state index in [4.69, 9.17) is 10.5 Å². The summed E-state index contributed by atoms with van der Waals surface area (Å²) < 4.78 is 0. The third-order valence-corrected chi connectivity index (χ3v) is 1.15. The van der Waals surface area contributed by atoms with Crippen molar-refractivity contribution < 1.29 is 44.3 Å². The Balaban J connectivity index is 0. The number of anilines is 1. The Labute approximate surface area is 98.0 Å². The van der Waals surface area contributed by atoms with E-state index in [1.165, 1.54) is 24.3 Å². The van der Waals surface area contributed by atoms with Gasteiger partial charge in [0.2, 0.25) is 0 Å². The van der Waals surface area contributed by atoms with Crippen LogP contribution in [0.4, 0.5) is 5.69 Å². The van der Waals surface area contributed by atoms with Crippen molar-refractivity contribution in [2.24, 2.45) is 0 Å². The number of nitrogen functional groups attached to an aromatic ring is 1. The molecule has 0 saturated carbocycles. The van der Waals surface area contributed by atoms with Gasteiger partial charge in [0.05, 0.1) is 5.97 Å². The van der Waals surface area contributed by atoms with Gasteiger partial charge in [0, 0.05) is 5.69 Å². The fourth-order valence-electron chi connectivity index (χ4n) is 0.619. The van der Waals surface area contributed by atoms with E-state index in [-0.39, 0.29) is 35.1 Å². The molecule has 0 saturated heterocycles. The van der Waals surface area contributed by atoms with Gasteiger partial charge in [-0.25, -0.2) is 0 Å². The van der Waals surface area contributed by atoms with E-state index < -0.39 is 5.97 Å². The van der Waals surface area contributed by atoms with Gasteiger partial charge in [0.15, 0.2) is 0 Å². The standard InChI is InChI=1S/C7H7NO2.CH2O.Na/c8-6-3-1-5(2-4-6)7(9)10;1-2;/h1-4H,8H2,(H,9,10);1H2;/q;;+1/p-1. The number of carbonyl (C=O) groups excluding carboxylic acids is 2. The van der Waals surface area contributed by atoms with Gasteiger partial charge < -0.3 is 20.4 Å². The summed E-state index contributed by atoms with van der Waals surface area (Å²) in [5, 5.41) is 10.2. The van der Waals surface area contributed by atoms with Crippen LogP contribution in [0.15, 0.2) is 24.3 Å². The van der Waals surface area contributed by atoms with Crippen molar-refractivity contribution in [2.75, 3.05) is 5.73 Å². The Hall–Kier alpha value is -0.840. The van der Waals surface area contributed by atoms with Crippen LogP contribution in [0.2, 0.25) is 0 Å². The summed E-state index contributed by atoms with van der Waals surface area (Å²) >= 11 is 0. The van der Waals surface area contributed by atoms with E-state index in [0.717, 1.165) is 0 Å². The third-order valence-electron chi connectivity index (χ3n) is 1.15. The van der Waals surface area contributed by atoms with Crippen LogP contribution in [0.5, 0.6) is 0 Å². The molecule has 0 amide bonds. The molecule has 0 heterocycles. The number of carboxylic acid groups (broad SMARTS) is 1. The molecule has 5 heteroatoms. The van der Waals surface area contributed by atoms with Crippen molar-refractivity contribution in [1.82, 2.24) is 0 Å². The van der Waals surface area contributed by atoms with Gasteiger partial charge in [-0.05, 0) is 17.7 Å². The molecule has 0 radical (unpaired) electrons. The SMILES string of the molecule is C=O.Nc1ccc(C(=O)[O-])cc1.[Na+]. The second kappa shape index (κ2) is 7.79. The van der Waals surface area contributed by atoms with Gasteiger partial charge in [-0.3, -0.25) is 0 Å². The molecule has 1 rings (SSSR count). The zero-order valence-corrected chi connectivity index (χ0v) is 9.32. The van der Waals surface area contributed by atoms with E-state index in [0.29, 0.717) is 5.69 Å². The van der Waals surface area contributed by atoms with Crippen LogP contribution >= 0.6 is 0 Å². The molecule has 0 aromatic heterocycles. The van der Waals surface area contributed by atoms with Crippen LogP contribution in [0.1, 0.15) is 10.4 Å². The minimum Gasteiger partial charge on any atom is -0.545 e. The van der Waals surface area contributed by atoms with Crippen molar-refractivity contribution in [3.63, 3.8) is 0 Å². The quantitative estimate of drug-likeness (QED) is 0.366. The summed E-state index contributed by atoms with van der Waals surface area (Å²) in [6, 6.07) is 5.85. The van der Waals surface area contributed by atoms with Gasteiger partial charge in [-0.15, -0.1) is 0 Å². The van der Waals surface area contributed by atoms with Crippen molar-refractivity contribution in [3.8, 4) is 0 Å². The number of carbonyl (C=O) groups is 2. The Morgan fingerprint density at radius 2 is 1.62 bits per heavy atom. The number of nitrogens with two attached hydrogens (primary N) is 1. The molecule has 0 bridgehead atoms. The van der Waals surface area contributed by atoms with Crippen molar-refractivity contribution in [1.29, 1.82) is 0 Å². The molecule has 4 nitrogen and oxygen atoms in total. The molecule has 0 aliphatic rings. The second-order valence-electron chi connectivity index (χ2n) is 1.91. The number of aromatic carboxylic acids is 1. The predicted molar refractivity (Wildman–Crippen MR) is 42.3 cm³/mol. The normalized spacial score (nSPS) is 7.38. The molecule has 0 aliphatic carbocycles. The number of hydrogen-bond donors (Lipinski definition) is 1. The molecule has 1 aromatic carbocycles. The molecule has 1 aromatic rings. The first-order chi connectivity index (χ1) is 5.70. The largest absolute Gasteiger partial charge is 1.00 e. The molecular weight excluding hydrogens is 181 g/mol. The zero-order chi connectivity index (χ0) is 9.56. The fourth-order valence-corrected chi connectivity index (χ4v) is 0.619.